The zero-order chi connectivity index (χ0) is 18.1. The second-order valence-corrected chi connectivity index (χ2v) is 6.08. The SMILES string of the molecule is O=C(O)COCCNC(=O)C1CCCN(C(=O)Cc2ccccc2)C1. The molecule has 1 heterocycles. The Balaban J connectivity index is 1.74. The molecule has 1 aromatic rings. The Morgan fingerprint density at radius 1 is 1.24 bits per heavy atom. The van der Waals surface area contributed by atoms with Gasteiger partial charge in [0, 0.05) is 19.6 Å². The number of piperidine rings is 1. The van der Waals surface area contributed by atoms with E-state index in [1.54, 1.807) is 4.90 Å². The third kappa shape index (κ3) is 6.54. The van der Waals surface area contributed by atoms with Crippen LogP contribution >= 0.6 is 0 Å². The minimum absolute atomic E-state index is 0.0356. The zero-order valence-electron chi connectivity index (χ0n) is 14.1. The van der Waals surface area contributed by atoms with Crippen LogP contribution in [0.4, 0.5) is 0 Å². The fourth-order valence-corrected chi connectivity index (χ4v) is 2.85. The number of hydrogen-bond acceptors (Lipinski definition) is 4. The van der Waals surface area contributed by atoms with Gasteiger partial charge in [0.2, 0.25) is 11.8 Å². The molecule has 0 spiro atoms. The average molecular weight is 348 g/mol. The molecule has 7 nitrogen and oxygen atoms in total. The van der Waals surface area contributed by atoms with Crippen LogP contribution in [0.5, 0.6) is 0 Å². The molecule has 0 radical (unpaired) electrons. The standard InChI is InChI=1S/C18H24N2O5/c21-16(11-14-5-2-1-3-6-14)20-9-4-7-15(12-20)18(24)19-8-10-25-13-17(22)23/h1-3,5-6,15H,4,7-13H2,(H,19,24)(H,22,23). The molecule has 0 aromatic heterocycles. The van der Waals surface area contributed by atoms with E-state index in [4.69, 9.17) is 9.84 Å². The molecule has 1 atom stereocenters. The molecule has 1 aliphatic rings. The van der Waals surface area contributed by atoms with Crippen LogP contribution in [0.15, 0.2) is 30.3 Å². The van der Waals surface area contributed by atoms with Crippen molar-refractivity contribution in [3.8, 4) is 0 Å². The zero-order valence-corrected chi connectivity index (χ0v) is 14.1. The van der Waals surface area contributed by atoms with Crippen molar-refractivity contribution < 1.29 is 24.2 Å². The van der Waals surface area contributed by atoms with Crippen LogP contribution in [-0.2, 0) is 25.5 Å². The van der Waals surface area contributed by atoms with Gasteiger partial charge in [0.1, 0.15) is 6.61 Å². The average Bonchev–Trinajstić information content (AvgIpc) is 2.62. The summed E-state index contributed by atoms with van der Waals surface area (Å²) in [5, 5.41) is 11.2. The number of ether oxygens (including phenoxy) is 1. The Kier molecular flexibility index (Phi) is 7.40. The summed E-state index contributed by atoms with van der Waals surface area (Å²) in [4.78, 5) is 36.7. The number of nitrogens with zero attached hydrogens (tertiary/aromatic N) is 1. The number of rotatable bonds is 8. The van der Waals surface area contributed by atoms with Crippen molar-refractivity contribution in [3.63, 3.8) is 0 Å². The number of hydrogen-bond donors (Lipinski definition) is 2. The quantitative estimate of drug-likeness (QED) is 0.674. The van der Waals surface area contributed by atoms with Crippen LogP contribution in [0.1, 0.15) is 18.4 Å². The molecule has 0 bridgehead atoms. The van der Waals surface area contributed by atoms with Crippen LogP contribution in [0, 0.1) is 5.92 Å². The molecule has 2 amide bonds. The lowest BCUT2D eigenvalue weighted by Gasteiger charge is -2.32. The molecule has 0 aliphatic carbocycles. The number of likely N-dealkylation sites (tertiary alicyclic amines) is 1. The molecule has 7 heteroatoms. The van der Waals surface area contributed by atoms with E-state index in [0.717, 1.165) is 18.4 Å². The normalized spacial score (nSPS) is 17.1. The van der Waals surface area contributed by atoms with Gasteiger partial charge >= 0.3 is 5.97 Å². The number of amides is 2. The van der Waals surface area contributed by atoms with Gasteiger partial charge in [-0.05, 0) is 18.4 Å². The molecule has 2 rings (SSSR count). The highest BCUT2D eigenvalue weighted by Crippen LogP contribution is 2.17. The van der Waals surface area contributed by atoms with E-state index in [1.165, 1.54) is 0 Å². The number of carbonyl (C=O) groups excluding carboxylic acids is 2. The number of benzene rings is 1. The third-order valence-electron chi connectivity index (χ3n) is 4.11. The maximum absolute atomic E-state index is 12.4. The minimum Gasteiger partial charge on any atom is -0.480 e. The number of aliphatic carboxylic acids is 1. The van der Waals surface area contributed by atoms with Gasteiger partial charge in [0.15, 0.2) is 0 Å². The molecule has 2 N–H and O–H groups in total. The first-order chi connectivity index (χ1) is 12.1. The Morgan fingerprint density at radius 2 is 2.00 bits per heavy atom. The summed E-state index contributed by atoms with van der Waals surface area (Å²) in [5.74, 6) is -1.34. The van der Waals surface area contributed by atoms with Gasteiger partial charge in [-0.3, -0.25) is 9.59 Å². The van der Waals surface area contributed by atoms with Gasteiger partial charge in [-0.15, -0.1) is 0 Å². The minimum atomic E-state index is -1.04. The first-order valence-electron chi connectivity index (χ1n) is 8.45. The van der Waals surface area contributed by atoms with E-state index in [-0.39, 0.29) is 37.5 Å². The lowest BCUT2D eigenvalue weighted by molar-refractivity contribution is -0.142. The van der Waals surface area contributed by atoms with Crippen molar-refractivity contribution in [1.29, 1.82) is 0 Å². The second-order valence-electron chi connectivity index (χ2n) is 6.08. The summed E-state index contributed by atoms with van der Waals surface area (Å²) in [6.45, 7) is 1.15. The van der Waals surface area contributed by atoms with E-state index < -0.39 is 5.97 Å². The summed E-state index contributed by atoms with van der Waals surface area (Å²) in [7, 11) is 0. The van der Waals surface area contributed by atoms with Crippen LogP contribution in [0.3, 0.4) is 0 Å². The fraction of sp³-hybridized carbons (Fsp3) is 0.500. The summed E-state index contributed by atoms with van der Waals surface area (Å²) in [5.41, 5.74) is 0.967. The van der Waals surface area contributed by atoms with Gasteiger partial charge in [-0.25, -0.2) is 4.79 Å². The molecule has 25 heavy (non-hydrogen) atoms. The molecule has 0 saturated carbocycles. The number of nitrogens with one attached hydrogen (secondary N) is 1. The number of carboxylic acid groups (broad SMARTS) is 1. The predicted molar refractivity (Wildman–Crippen MR) is 90.9 cm³/mol. The lowest BCUT2D eigenvalue weighted by atomic mass is 9.96. The Hall–Kier alpha value is -2.41. The highest BCUT2D eigenvalue weighted by atomic mass is 16.5. The van der Waals surface area contributed by atoms with E-state index in [2.05, 4.69) is 5.32 Å². The van der Waals surface area contributed by atoms with Crippen molar-refractivity contribution in [2.24, 2.45) is 5.92 Å². The van der Waals surface area contributed by atoms with E-state index in [0.29, 0.717) is 19.5 Å². The predicted octanol–water partition coefficient (Wildman–Crippen LogP) is 0.685. The maximum Gasteiger partial charge on any atom is 0.329 e. The maximum atomic E-state index is 12.4. The molecule has 1 saturated heterocycles. The van der Waals surface area contributed by atoms with E-state index in [9.17, 15) is 14.4 Å². The summed E-state index contributed by atoms with van der Waals surface area (Å²) < 4.78 is 4.88. The third-order valence-corrected chi connectivity index (χ3v) is 4.11. The fourth-order valence-electron chi connectivity index (χ4n) is 2.85. The van der Waals surface area contributed by atoms with E-state index in [1.807, 2.05) is 30.3 Å². The van der Waals surface area contributed by atoms with Gasteiger partial charge in [0.25, 0.3) is 0 Å². The largest absolute Gasteiger partial charge is 0.480 e. The van der Waals surface area contributed by atoms with Gasteiger partial charge < -0.3 is 20.1 Å². The monoisotopic (exact) mass is 348 g/mol. The van der Waals surface area contributed by atoms with Crippen LogP contribution < -0.4 is 5.32 Å². The van der Waals surface area contributed by atoms with Crippen molar-refractivity contribution >= 4 is 17.8 Å². The van der Waals surface area contributed by atoms with Gasteiger partial charge in [-0.2, -0.15) is 0 Å². The Morgan fingerprint density at radius 3 is 2.72 bits per heavy atom. The summed E-state index contributed by atoms with van der Waals surface area (Å²) in [6.07, 6.45) is 1.89. The van der Waals surface area contributed by atoms with Crippen LogP contribution in [-0.4, -0.2) is 60.6 Å². The first kappa shape index (κ1) is 18.9. The van der Waals surface area contributed by atoms with Crippen molar-refractivity contribution in [2.45, 2.75) is 19.3 Å². The van der Waals surface area contributed by atoms with Crippen molar-refractivity contribution in [1.82, 2.24) is 10.2 Å². The molecule has 136 valence electrons. The number of carboxylic acids is 1. The summed E-state index contributed by atoms with van der Waals surface area (Å²) in [6, 6.07) is 9.56. The lowest BCUT2D eigenvalue weighted by Crippen LogP contribution is -2.46. The van der Waals surface area contributed by atoms with Crippen molar-refractivity contribution in [3.05, 3.63) is 35.9 Å². The smallest absolute Gasteiger partial charge is 0.329 e. The van der Waals surface area contributed by atoms with Gasteiger partial charge in [0.05, 0.1) is 18.9 Å². The molecule has 1 aromatic carbocycles. The van der Waals surface area contributed by atoms with Crippen LogP contribution in [0.2, 0.25) is 0 Å². The molecule has 1 fully saturated rings. The molecular formula is C18H24N2O5. The highest BCUT2D eigenvalue weighted by molar-refractivity contribution is 5.82. The highest BCUT2D eigenvalue weighted by Gasteiger charge is 2.28. The molecule has 1 aliphatic heterocycles. The Bertz CT molecular complexity index is 590. The molecular weight excluding hydrogens is 324 g/mol. The second kappa shape index (κ2) is 9.78. The Labute approximate surface area is 147 Å². The van der Waals surface area contributed by atoms with Gasteiger partial charge in [-0.1, -0.05) is 30.3 Å². The number of carbonyl (C=O) groups is 3. The topological polar surface area (TPSA) is 95.9 Å². The van der Waals surface area contributed by atoms with E-state index >= 15 is 0 Å². The first-order valence-corrected chi connectivity index (χ1v) is 8.45. The van der Waals surface area contributed by atoms with Crippen molar-refractivity contribution in [2.75, 3.05) is 32.8 Å². The molecule has 1 unspecified atom stereocenters. The summed E-state index contributed by atoms with van der Waals surface area (Å²) >= 11 is 0. The van der Waals surface area contributed by atoms with Crippen LogP contribution in [0.25, 0.3) is 0 Å².